The molecule has 1 aromatic heterocycles. The zero-order chi connectivity index (χ0) is 16.9. The second kappa shape index (κ2) is 7.71. The first kappa shape index (κ1) is 16.8. The molecule has 0 saturated carbocycles. The van der Waals surface area contributed by atoms with Crippen molar-refractivity contribution in [1.82, 2.24) is 20.2 Å². The average Bonchev–Trinajstić information content (AvgIpc) is 3.04. The van der Waals surface area contributed by atoms with Crippen LogP contribution < -0.4 is 5.32 Å². The lowest BCUT2D eigenvalue weighted by Gasteiger charge is -2.07. The van der Waals surface area contributed by atoms with E-state index < -0.39 is 0 Å². The Hall–Kier alpha value is -2.01. The van der Waals surface area contributed by atoms with Crippen LogP contribution in [0.1, 0.15) is 0 Å². The van der Waals surface area contributed by atoms with E-state index >= 15 is 0 Å². The number of hydrogen-bond donors (Lipinski definition) is 1. The van der Waals surface area contributed by atoms with E-state index in [1.54, 1.807) is 12.1 Å². The Morgan fingerprint density at radius 1 is 1.21 bits per heavy atom. The maximum atomic E-state index is 13.0. The largest absolute Gasteiger partial charge is 0.324 e. The van der Waals surface area contributed by atoms with Crippen molar-refractivity contribution in [2.75, 3.05) is 11.1 Å². The topological polar surface area (TPSA) is 72.7 Å². The van der Waals surface area contributed by atoms with Crippen molar-refractivity contribution in [3.8, 4) is 5.69 Å². The van der Waals surface area contributed by atoms with Crippen molar-refractivity contribution in [3.63, 3.8) is 0 Å². The van der Waals surface area contributed by atoms with Gasteiger partial charge < -0.3 is 5.32 Å². The maximum Gasteiger partial charge on any atom is 0.234 e. The molecular formula is C15H11FIN5OS. The van der Waals surface area contributed by atoms with Crippen LogP contribution in [0, 0.1) is 9.39 Å². The SMILES string of the molecule is O=C(CSc1nnnn1-c1ccc(F)cc1)Nc1ccccc1I. The van der Waals surface area contributed by atoms with E-state index in [0.717, 1.165) is 9.26 Å². The van der Waals surface area contributed by atoms with Crippen molar-refractivity contribution < 1.29 is 9.18 Å². The molecule has 122 valence electrons. The summed E-state index contributed by atoms with van der Waals surface area (Å²) in [6.07, 6.45) is 0. The van der Waals surface area contributed by atoms with Gasteiger partial charge in [0.05, 0.1) is 17.1 Å². The molecule has 1 N–H and O–H groups in total. The number of nitrogens with one attached hydrogen (secondary N) is 1. The highest BCUT2D eigenvalue weighted by molar-refractivity contribution is 14.1. The zero-order valence-electron chi connectivity index (χ0n) is 12.2. The van der Waals surface area contributed by atoms with Gasteiger partial charge >= 0.3 is 0 Å². The number of benzene rings is 2. The van der Waals surface area contributed by atoms with Crippen LogP contribution in [0.4, 0.5) is 10.1 Å². The van der Waals surface area contributed by atoms with Crippen LogP contribution in [0.15, 0.2) is 53.7 Å². The van der Waals surface area contributed by atoms with Crippen LogP contribution in [0.5, 0.6) is 0 Å². The molecule has 2 aromatic carbocycles. The fourth-order valence-corrected chi connectivity index (χ4v) is 3.11. The normalized spacial score (nSPS) is 10.6. The van der Waals surface area contributed by atoms with Gasteiger partial charge in [-0.2, -0.15) is 4.68 Å². The number of nitrogens with zero attached hydrogens (tertiary/aromatic N) is 4. The smallest absolute Gasteiger partial charge is 0.234 e. The summed E-state index contributed by atoms with van der Waals surface area (Å²) in [5.74, 6) is -0.331. The monoisotopic (exact) mass is 455 g/mol. The van der Waals surface area contributed by atoms with E-state index in [1.165, 1.54) is 28.6 Å². The predicted molar refractivity (Wildman–Crippen MR) is 97.6 cm³/mol. The summed E-state index contributed by atoms with van der Waals surface area (Å²) in [5, 5.41) is 14.7. The van der Waals surface area contributed by atoms with E-state index in [2.05, 4.69) is 43.4 Å². The molecule has 3 rings (SSSR count). The Labute approximate surface area is 155 Å². The summed E-state index contributed by atoms with van der Waals surface area (Å²) < 4.78 is 15.4. The third-order valence-corrected chi connectivity index (χ3v) is 4.85. The second-order valence-electron chi connectivity index (χ2n) is 4.67. The Morgan fingerprint density at radius 2 is 1.96 bits per heavy atom. The molecule has 3 aromatic rings. The predicted octanol–water partition coefficient (Wildman–Crippen LogP) is 3.14. The quantitative estimate of drug-likeness (QED) is 0.473. The first-order valence-corrected chi connectivity index (χ1v) is 8.91. The molecule has 0 bridgehead atoms. The summed E-state index contributed by atoms with van der Waals surface area (Å²) in [7, 11) is 0. The number of hydrogen-bond acceptors (Lipinski definition) is 5. The van der Waals surface area contributed by atoms with Gasteiger partial charge in [-0.05, 0) is 69.4 Å². The van der Waals surface area contributed by atoms with Crippen molar-refractivity contribution in [3.05, 3.63) is 57.9 Å². The first-order valence-electron chi connectivity index (χ1n) is 6.85. The summed E-state index contributed by atoms with van der Waals surface area (Å²) >= 11 is 3.36. The summed E-state index contributed by atoms with van der Waals surface area (Å²) in [6.45, 7) is 0. The zero-order valence-corrected chi connectivity index (χ0v) is 15.2. The fraction of sp³-hybridized carbons (Fsp3) is 0.0667. The highest BCUT2D eigenvalue weighted by atomic mass is 127. The molecular weight excluding hydrogens is 444 g/mol. The molecule has 0 aliphatic heterocycles. The van der Waals surface area contributed by atoms with Crippen LogP contribution in [0.3, 0.4) is 0 Å². The maximum absolute atomic E-state index is 13.0. The second-order valence-corrected chi connectivity index (χ2v) is 6.77. The Bertz CT molecular complexity index is 855. The number of rotatable bonds is 5. The Morgan fingerprint density at radius 3 is 2.71 bits per heavy atom. The molecule has 0 spiro atoms. The number of thioether (sulfide) groups is 1. The number of aromatic nitrogens is 4. The van der Waals surface area contributed by atoms with Gasteiger partial charge in [-0.3, -0.25) is 4.79 Å². The van der Waals surface area contributed by atoms with E-state index in [4.69, 9.17) is 0 Å². The lowest BCUT2D eigenvalue weighted by atomic mass is 10.3. The average molecular weight is 455 g/mol. The Balaban J connectivity index is 1.65. The molecule has 0 aliphatic carbocycles. The molecule has 0 unspecified atom stereocenters. The van der Waals surface area contributed by atoms with E-state index in [9.17, 15) is 9.18 Å². The lowest BCUT2D eigenvalue weighted by Crippen LogP contribution is -2.15. The van der Waals surface area contributed by atoms with E-state index in [-0.39, 0.29) is 17.5 Å². The number of carbonyl (C=O) groups is 1. The van der Waals surface area contributed by atoms with Gasteiger partial charge in [0.2, 0.25) is 11.1 Å². The first-order chi connectivity index (χ1) is 11.6. The van der Waals surface area contributed by atoms with Crippen molar-refractivity contribution in [1.29, 1.82) is 0 Å². The summed E-state index contributed by atoms with van der Waals surface area (Å²) in [5.41, 5.74) is 1.39. The van der Waals surface area contributed by atoms with Crippen LogP contribution in [-0.2, 0) is 4.79 Å². The fourth-order valence-electron chi connectivity index (χ4n) is 1.89. The number of para-hydroxylation sites is 1. The van der Waals surface area contributed by atoms with Gasteiger partial charge in [-0.25, -0.2) is 4.39 Å². The van der Waals surface area contributed by atoms with Crippen LogP contribution in [0.2, 0.25) is 0 Å². The van der Waals surface area contributed by atoms with Gasteiger partial charge in [-0.15, -0.1) is 5.10 Å². The van der Waals surface area contributed by atoms with Crippen molar-refractivity contribution >= 4 is 45.9 Å². The molecule has 9 heteroatoms. The lowest BCUT2D eigenvalue weighted by molar-refractivity contribution is -0.113. The van der Waals surface area contributed by atoms with E-state index in [0.29, 0.717) is 10.8 Å². The molecule has 0 atom stereocenters. The van der Waals surface area contributed by atoms with Crippen LogP contribution >= 0.6 is 34.4 Å². The van der Waals surface area contributed by atoms with Crippen molar-refractivity contribution in [2.24, 2.45) is 0 Å². The van der Waals surface area contributed by atoms with Gasteiger partial charge in [0, 0.05) is 3.57 Å². The molecule has 0 fully saturated rings. The highest BCUT2D eigenvalue weighted by Gasteiger charge is 2.12. The third kappa shape index (κ3) is 4.09. The number of carbonyl (C=O) groups excluding carboxylic acids is 1. The number of tetrazole rings is 1. The van der Waals surface area contributed by atoms with Crippen LogP contribution in [0.25, 0.3) is 5.69 Å². The van der Waals surface area contributed by atoms with Gasteiger partial charge in [0.15, 0.2) is 0 Å². The van der Waals surface area contributed by atoms with Gasteiger partial charge in [-0.1, -0.05) is 23.9 Å². The van der Waals surface area contributed by atoms with Crippen LogP contribution in [-0.4, -0.2) is 31.9 Å². The van der Waals surface area contributed by atoms with Crippen molar-refractivity contribution in [2.45, 2.75) is 5.16 Å². The number of halogens is 2. The highest BCUT2D eigenvalue weighted by Crippen LogP contribution is 2.20. The minimum atomic E-state index is -0.335. The van der Waals surface area contributed by atoms with Gasteiger partial charge in [0.1, 0.15) is 5.82 Å². The summed E-state index contributed by atoms with van der Waals surface area (Å²) in [6, 6.07) is 13.3. The third-order valence-electron chi connectivity index (χ3n) is 2.99. The number of amides is 1. The molecule has 1 heterocycles. The Kier molecular flexibility index (Phi) is 5.41. The molecule has 6 nitrogen and oxygen atoms in total. The standard InChI is InChI=1S/C15H11FIN5OS/c16-10-5-7-11(8-6-10)22-15(19-20-21-22)24-9-14(23)18-13-4-2-1-3-12(13)17/h1-8H,9H2,(H,18,23). The van der Waals surface area contributed by atoms with Gasteiger partial charge in [0.25, 0.3) is 0 Å². The number of anilines is 1. The molecule has 24 heavy (non-hydrogen) atoms. The molecule has 0 radical (unpaired) electrons. The molecule has 0 saturated heterocycles. The minimum absolute atomic E-state index is 0.155. The minimum Gasteiger partial charge on any atom is -0.324 e. The molecule has 1 amide bonds. The summed E-state index contributed by atoms with van der Waals surface area (Å²) in [4.78, 5) is 12.1. The molecule has 0 aliphatic rings. The van der Waals surface area contributed by atoms with E-state index in [1.807, 2.05) is 24.3 Å².